The lowest BCUT2D eigenvalue weighted by atomic mass is 9.73. The van der Waals surface area contributed by atoms with Crippen LogP contribution in [0.5, 0.6) is 23.0 Å². The molecular formula is C27H31NO6. The van der Waals surface area contributed by atoms with E-state index in [-0.39, 0.29) is 36.1 Å². The van der Waals surface area contributed by atoms with Gasteiger partial charge in [0.05, 0.1) is 27.4 Å². The Kier molecular flexibility index (Phi) is 6.82. The van der Waals surface area contributed by atoms with E-state index in [2.05, 4.69) is 5.32 Å². The van der Waals surface area contributed by atoms with Gasteiger partial charge in [0.15, 0.2) is 17.3 Å². The Morgan fingerprint density at radius 3 is 2.26 bits per heavy atom. The molecule has 4 rings (SSSR count). The molecule has 1 heterocycles. The van der Waals surface area contributed by atoms with Gasteiger partial charge >= 0.3 is 0 Å². The maximum Gasteiger partial charge on any atom is 0.225 e. The quantitative estimate of drug-likeness (QED) is 0.648. The van der Waals surface area contributed by atoms with Gasteiger partial charge in [0.1, 0.15) is 11.5 Å². The molecule has 0 aromatic heterocycles. The van der Waals surface area contributed by atoms with Crippen LogP contribution in [-0.2, 0) is 9.59 Å². The summed E-state index contributed by atoms with van der Waals surface area (Å²) in [5.74, 6) is 2.05. The zero-order valence-electron chi connectivity index (χ0n) is 20.3. The van der Waals surface area contributed by atoms with E-state index in [4.69, 9.17) is 18.9 Å². The number of ether oxygens (including phenoxy) is 4. The van der Waals surface area contributed by atoms with Crippen molar-refractivity contribution in [2.24, 2.45) is 0 Å². The number of methoxy groups -OCH3 is 3. The Morgan fingerprint density at radius 1 is 0.853 bits per heavy atom. The molecule has 34 heavy (non-hydrogen) atoms. The Hall–Kier alpha value is -3.48. The van der Waals surface area contributed by atoms with Gasteiger partial charge in [-0.2, -0.15) is 0 Å². The normalized spacial score (nSPS) is 20.1. The second-order valence-corrected chi connectivity index (χ2v) is 8.91. The zero-order chi connectivity index (χ0) is 24.4. The molecule has 0 radical (unpaired) electrons. The van der Waals surface area contributed by atoms with Crippen molar-refractivity contribution in [3.05, 3.63) is 58.8 Å². The molecule has 1 N–H and O–H groups in total. The number of rotatable bonds is 7. The van der Waals surface area contributed by atoms with Crippen LogP contribution in [0.25, 0.3) is 0 Å². The van der Waals surface area contributed by atoms with Gasteiger partial charge in [0.25, 0.3) is 0 Å². The summed E-state index contributed by atoms with van der Waals surface area (Å²) >= 11 is 0. The highest BCUT2D eigenvalue weighted by Crippen LogP contribution is 2.46. The molecule has 0 fully saturated rings. The SMILES string of the molecule is COc1ccc(OC)c(C2CC(=O)NC3=C2C(=O)CC(c2ccc(OC(C)C)c(OC)c2)C3)c1. The van der Waals surface area contributed by atoms with E-state index in [9.17, 15) is 9.59 Å². The first kappa shape index (κ1) is 23.7. The van der Waals surface area contributed by atoms with Crippen LogP contribution in [0.2, 0.25) is 0 Å². The molecule has 1 aliphatic carbocycles. The van der Waals surface area contributed by atoms with E-state index >= 15 is 0 Å². The highest BCUT2D eigenvalue weighted by atomic mass is 16.5. The fourth-order valence-electron chi connectivity index (χ4n) is 4.86. The number of ketones is 1. The molecular weight excluding hydrogens is 434 g/mol. The molecule has 1 aliphatic heterocycles. The first-order valence-electron chi connectivity index (χ1n) is 11.5. The van der Waals surface area contributed by atoms with Crippen LogP contribution in [0, 0.1) is 0 Å². The van der Waals surface area contributed by atoms with Crippen LogP contribution >= 0.6 is 0 Å². The highest BCUT2D eigenvalue weighted by molar-refractivity contribution is 6.02. The van der Waals surface area contributed by atoms with Crippen molar-refractivity contribution in [1.82, 2.24) is 5.32 Å². The standard InChI is InChI=1S/C27H31NO6/c1-15(2)34-24-8-6-16(12-25(24)33-5)17-10-21-27(22(29)11-17)20(14-26(30)28-21)19-13-18(31-3)7-9-23(19)32-4/h6-9,12-13,15,17,20H,10-11,14H2,1-5H3,(H,28,30). The molecule has 0 spiro atoms. The predicted octanol–water partition coefficient (Wildman–Crippen LogP) is 4.50. The molecule has 2 aliphatic rings. The molecule has 2 atom stereocenters. The number of hydrogen-bond donors (Lipinski definition) is 1. The topological polar surface area (TPSA) is 83.1 Å². The summed E-state index contributed by atoms with van der Waals surface area (Å²) in [6, 6.07) is 11.2. The fraction of sp³-hybridized carbons (Fsp3) is 0.407. The minimum absolute atomic E-state index is 0.0201. The van der Waals surface area contributed by atoms with E-state index in [1.54, 1.807) is 27.4 Å². The molecule has 2 unspecified atom stereocenters. The van der Waals surface area contributed by atoms with Gasteiger partial charge in [-0.1, -0.05) is 6.07 Å². The molecule has 1 amide bonds. The number of carbonyl (C=O) groups is 2. The summed E-state index contributed by atoms with van der Waals surface area (Å²) in [6.45, 7) is 3.92. The van der Waals surface area contributed by atoms with Crippen molar-refractivity contribution in [1.29, 1.82) is 0 Å². The Morgan fingerprint density at radius 2 is 1.59 bits per heavy atom. The van der Waals surface area contributed by atoms with E-state index in [1.807, 2.05) is 44.2 Å². The van der Waals surface area contributed by atoms with Crippen molar-refractivity contribution >= 4 is 11.7 Å². The second-order valence-electron chi connectivity index (χ2n) is 8.91. The monoisotopic (exact) mass is 465 g/mol. The second kappa shape index (κ2) is 9.79. The first-order valence-corrected chi connectivity index (χ1v) is 11.5. The highest BCUT2D eigenvalue weighted by Gasteiger charge is 2.39. The number of amides is 1. The molecule has 7 nitrogen and oxygen atoms in total. The van der Waals surface area contributed by atoms with Crippen LogP contribution < -0.4 is 24.3 Å². The van der Waals surface area contributed by atoms with Gasteiger partial charge in [-0.3, -0.25) is 9.59 Å². The molecule has 0 saturated carbocycles. The van der Waals surface area contributed by atoms with E-state index in [0.29, 0.717) is 47.1 Å². The lowest BCUT2D eigenvalue weighted by molar-refractivity contribution is -0.122. The summed E-state index contributed by atoms with van der Waals surface area (Å²) in [7, 11) is 4.78. The summed E-state index contributed by atoms with van der Waals surface area (Å²) in [6.07, 6.45) is 1.12. The number of hydrogen-bond acceptors (Lipinski definition) is 6. The van der Waals surface area contributed by atoms with Gasteiger partial charge in [-0.25, -0.2) is 0 Å². The van der Waals surface area contributed by atoms with Crippen LogP contribution in [0.1, 0.15) is 56.1 Å². The smallest absolute Gasteiger partial charge is 0.225 e. The summed E-state index contributed by atoms with van der Waals surface area (Å²) in [5, 5.41) is 2.97. The third kappa shape index (κ3) is 4.60. The largest absolute Gasteiger partial charge is 0.497 e. The molecule has 0 saturated heterocycles. The minimum atomic E-state index is -0.376. The minimum Gasteiger partial charge on any atom is -0.497 e. The van der Waals surface area contributed by atoms with E-state index in [0.717, 1.165) is 11.1 Å². The predicted molar refractivity (Wildman–Crippen MR) is 128 cm³/mol. The fourth-order valence-corrected chi connectivity index (χ4v) is 4.86. The van der Waals surface area contributed by atoms with Gasteiger partial charge < -0.3 is 24.3 Å². The van der Waals surface area contributed by atoms with Crippen molar-refractivity contribution in [3.8, 4) is 23.0 Å². The molecule has 7 heteroatoms. The van der Waals surface area contributed by atoms with Crippen molar-refractivity contribution < 1.29 is 28.5 Å². The average molecular weight is 466 g/mol. The maximum atomic E-state index is 13.5. The van der Waals surface area contributed by atoms with Crippen LogP contribution in [0.4, 0.5) is 0 Å². The number of allylic oxidation sites excluding steroid dienone is 2. The lowest BCUT2D eigenvalue weighted by Crippen LogP contribution is -2.38. The van der Waals surface area contributed by atoms with Gasteiger partial charge in [0, 0.05) is 35.6 Å². The number of carbonyl (C=O) groups excluding carboxylic acids is 2. The van der Waals surface area contributed by atoms with E-state index in [1.165, 1.54) is 0 Å². The number of benzene rings is 2. The molecule has 2 aromatic rings. The molecule has 0 bridgehead atoms. The van der Waals surface area contributed by atoms with Crippen LogP contribution in [0.3, 0.4) is 0 Å². The summed E-state index contributed by atoms with van der Waals surface area (Å²) in [4.78, 5) is 26.2. The molecule has 180 valence electrons. The summed E-state index contributed by atoms with van der Waals surface area (Å²) in [5.41, 5.74) is 3.11. The van der Waals surface area contributed by atoms with Crippen molar-refractivity contribution in [2.45, 2.75) is 51.0 Å². The lowest BCUT2D eigenvalue weighted by Gasteiger charge is -2.35. The summed E-state index contributed by atoms with van der Waals surface area (Å²) < 4.78 is 22.3. The van der Waals surface area contributed by atoms with Gasteiger partial charge in [-0.05, 0) is 62.1 Å². The molecule has 2 aromatic carbocycles. The van der Waals surface area contributed by atoms with Crippen molar-refractivity contribution in [2.75, 3.05) is 21.3 Å². The van der Waals surface area contributed by atoms with Gasteiger partial charge in [0.2, 0.25) is 5.91 Å². The van der Waals surface area contributed by atoms with Crippen molar-refractivity contribution in [3.63, 3.8) is 0 Å². The number of nitrogens with one attached hydrogen (secondary N) is 1. The average Bonchev–Trinajstić information content (AvgIpc) is 2.82. The Labute approximate surface area is 200 Å². The first-order chi connectivity index (χ1) is 16.3. The number of Topliss-reactive ketones (excluding diaryl/α,β-unsaturated/α-hetero) is 1. The van der Waals surface area contributed by atoms with Crippen LogP contribution in [-0.4, -0.2) is 39.1 Å². The van der Waals surface area contributed by atoms with Gasteiger partial charge in [-0.15, -0.1) is 0 Å². The van der Waals surface area contributed by atoms with E-state index < -0.39 is 0 Å². The maximum absolute atomic E-state index is 13.5. The van der Waals surface area contributed by atoms with Crippen LogP contribution in [0.15, 0.2) is 47.7 Å². The zero-order valence-corrected chi connectivity index (χ0v) is 20.3. The Balaban J connectivity index is 1.70. The Bertz CT molecular complexity index is 1140. The third-order valence-electron chi connectivity index (χ3n) is 6.37. The third-order valence-corrected chi connectivity index (χ3v) is 6.37.